The first-order valence-corrected chi connectivity index (χ1v) is 10.5. The number of fused-ring (bicyclic) bond motifs is 1. The summed E-state index contributed by atoms with van der Waals surface area (Å²) in [6.45, 7) is 4.22. The Morgan fingerprint density at radius 2 is 1.88 bits per heavy atom. The lowest BCUT2D eigenvalue weighted by molar-refractivity contribution is 0.414. The quantitative estimate of drug-likeness (QED) is 0.699. The van der Waals surface area contributed by atoms with E-state index in [0.29, 0.717) is 17.0 Å². The van der Waals surface area contributed by atoms with Crippen LogP contribution in [0.2, 0.25) is 0 Å². The number of nitrogens with zero attached hydrogens (tertiary/aromatic N) is 1. The normalized spacial score (nSPS) is 13.0. The Kier molecular flexibility index (Phi) is 5.17. The van der Waals surface area contributed by atoms with Gasteiger partial charge in [-0.25, -0.2) is 13.1 Å². The number of sulfonamides is 1. The van der Waals surface area contributed by atoms with Gasteiger partial charge >= 0.3 is 4.87 Å². The molecule has 0 bridgehead atoms. The van der Waals surface area contributed by atoms with Crippen LogP contribution in [0.4, 0.5) is 0 Å². The number of benzene rings is 2. The minimum atomic E-state index is -3.71. The van der Waals surface area contributed by atoms with Crippen molar-refractivity contribution >= 4 is 31.6 Å². The summed E-state index contributed by atoms with van der Waals surface area (Å²) in [5.41, 5.74) is 1.59. The molecule has 1 heterocycles. The monoisotopic (exact) mass is 392 g/mol. The number of methoxy groups -OCH3 is 1. The fourth-order valence-electron chi connectivity index (χ4n) is 2.77. The first kappa shape index (κ1) is 18.6. The van der Waals surface area contributed by atoms with Crippen molar-refractivity contribution in [3.8, 4) is 5.75 Å². The highest BCUT2D eigenvalue weighted by Crippen LogP contribution is 2.24. The zero-order valence-electron chi connectivity index (χ0n) is 14.7. The first-order chi connectivity index (χ1) is 12.4. The fraction of sp³-hybridized carbons (Fsp3) is 0.278. The predicted octanol–water partition coefficient (Wildman–Crippen LogP) is 3.13. The number of hydrogen-bond acceptors (Lipinski definition) is 5. The van der Waals surface area contributed by atoms with Crippen LogP contribution in [0.1, 0.15) is 25.5 Å². The van der Waals surface area contributed by atoms with E-state index in [2.05, 4.69) is 4.72 Å². The van der Waals surface area contributed by atoms with Gasteiger partial charge in [-0.2, -0.15) is 0 Å². The SMILES string of the molecule is CCn1c(=O)sc2cc(S(=O)(=O)NC(C)c3ccc(OC)cc3)ccc21. The Morgan fingerprint density at radius 3 is 2.50 bits per heavy atom. The van der Waals surface area contributed by atoms with E-state index in [1.54, 1.807) is 42.9 Å². The zero-order chi connectivity index (χ0) is 18.9. The smallest absolute Gasteiger partial charge is 0.308 e. The topological polar surface area (TPSA) is 77.4 Å². The third-order valence-electron chi connectivity index (χ3n) is 4.21. The van der Waals surface area contributed by atoms with Crippen molar-refractivity contribution in [3.63, 3.8) is 0 Å². The summed E-state index contributed by atoms with van der Waals surface area (Å²) in [6.07, 6.45) is 0. The van der Waals surface area contributed by atoms with Crippen molar-refractivity contribution in [2.75, 3.05) is 7.11 Å². The van der Waals surface area contributed by atoms with Gasteiger partial charge in [-0.15, -0.1) is 0 Å². The number of nitrogens with one attached hydrogen (secondary N) is 1. The van der Waals surface area contributed by atoms with Crippen molar-refractivity contribution in [1.29, 1.82) is 0 Å². The van der Waals surface area contributed by atoms with E-state index in [4.69, 9.17) is 4.74 Å². The molecule has 2 aromatic carbocycles. The van der Waals surface area contributed by atoms with Gasteiger partial charge in [0.1, 0.15) is 5.75 Å². The van der Waals surface area contributed by atoms with E-state index in [1.165, 1.54) is 6.07 Å². The van der Waals surface area contributed by atoms with E-state index in [0.717, 1.165) is 22.4 Å². The first-order valence-electron chi connectivity index (χ1n) is 8.15. The lowest BCUT2D eigenvalue weighted by Crippen LogP contribution is -2.26. The van der Waals surface area contributed by atoms with E-state index >= 15 is 0 Å². The minimum Gasteiger partial charge on any atom is -0.497 e. The molecule has 0 saturated carbocycles. The molecule has 8 heteroatoms. The van der Waals surface area contributed by atoms with Crippen LogP contribution in [0.5, 0.6) is 5.75 Å². The highest BCUT2D eigenvalue weighted by Gasteiger charge is 2.20. The molecule has 0 saturated heterocycles. The molecular weight excluding hydrogens is 372 g/mol. The Labute approximate surface area is 156 Å². The molecule has 1 N–H and O–H groups in total. The molecule has 26 heavy (non-hydrogen) atoms. The highest BCUT2D eigenvalue weighted by molar-refractivity contribution is 7.89. The zero-order valence-corrected chi connectivity index (χ0v) is 16.4. The maximum absolute atomic E-state index is 12.7. The summed E-state index contributed by atoms with van der Waals surface area (Å²) in [6, 6.07) is 11.6. The lowest BCUT2D eigenvalue weighted by atomic mass is 10.1. The number of thiazole rings is 1. The van der Waals surface area contributed by atoms with Crippen LogP contribution in [0, 0.1) is 0 Å². The average Bonchev–Trinajstić information content (AvgIpc) is 2.95. The van der Waals surface area contributed by atoms with Gasteiger partial charge in [-0.1, -0.05) is 23.5 Å². The summed E-state index contributed by atoms with van der Waals surface area (Å²) in [5.74, 6) is 0.713. The molecule has 3 rings (SSSR count). The van der Waals surface area contributed by atoms with E-state index in [1.807, 2.05) is 19.1 Å². The summed E-state index contributed by atoms with van der Waals surface area (Å²) in [4.78, 5) is 12.0. The molecule has 138 valence electrons. The largest absolute Gasteiger partial charge is 0.497 e. The van der Waals surface area contributed by atoms with Crippen molar-refractivity contribution in [1.82, 2.24) is 9.29 Å². The van der Waals surface area contributed by atoms with E-state index in [-0.39, 0.29) is 9.77 Å². The number of ether oxygens (including phenoxy) is 1. The maximum Gasteiger partial charge on any atom is 0.308 e. The van der Waals surface area contributed by atoms with Gasteiger partial charge in [0.2, 0.25) is 10.0 Å². The molecule has 1 unspecified atom stereocenters. The predicted molar refractivity (Wildman–Crippen MR) is 103 cm³/mol. The molecule has 6 nitrogen and oxygen atoms in total. The van der Waals surface area contributed by atoms with Crippen molar-refractivity contribution in [2.24, 2.45) is 0 Å². The Hall–Kier alpha value is -2.16. The molecule has 0 amide bonds. The van der Waals surface area contributed by atoms with Gasteiger partial charge in [-0.3, -0.25) is 9.36 Å². The Balaban J connectivity index is 1.89. The number of aromatic nitrogens is 1. The maximum atomic E-state index is 12.7. The van der Waals surface area contributed by atoms with Gasteiger partial charge in [-0.05, 0) is 49.7 Å². The molecule has 0 radical (unpaired) electrons. The standard InChI is InChI=1S/C18H20N2O4S2/c1-4-20-16-10-9-15(11-17(16)25-18(20)21)26(22,23)19-12(2)13-5-7-14(24-3)8-6-13/h5-12,19H,4H2,1-3H3. The third kappa shape index (κ3) is 3.53. The molecule has 1 aromatic heterocycles. The summed E-state index contributed by atoms with van der Waals surface area (Å²) >= 11 is 1.05. The molecule has 0 aliphatic carbocycles. The molecule has 3 aromatic rings. The summed E-state index contributed by atoms with van der Waals surface area (Å²) in [5, 5.41) is 0. The van der Waals surface area contributed by atoms with Gasteiger partial charge in [0.05, 0.1) is 22.2 Å². The van der Waals surface area contributed by atoms with Crippen molar-refractivity contribution in [3.05, 3.63) is 57.7 Å². The van der Waals surface area contributed by atoms with Crippen LogP contribution < -0.4 is 14.3 Å². The summed E-state index contributed by atoms with van der Waals surface area (Å²) in [7, 11) is -2.13. The van der Waals surface area contributed by atoms with E-state index < -0.39 is 16.1 Å². The minimum absolute atomic E-state index is 0.0865. The lowest BCUT2D eigenvalue weighted by Gasteiger charge is -2.15. The van der Waals surface area contributed by atoms with Crippen LogP contribution in [0.15, 0.2) is 52.2 Å². The Bertz CT molecular complexity index is 1080. The molecule has 1 atom stereocenters. The fourth-order valence-corrected chi connectivity index (χ4v) is 5.10. The van der Waals surface area contributed by atoms with Crippen LogP contribution in [-0.2, 0) is 16.6 Å². The van der Waals surface area contributed by atoms with E-state index in [9.17, 15) is 13.2 Å². The second-order valence-electron chi connectivity index (χ2n) is 5.86. The second kappa shape index (κ2) is 7.22. The van der Waals surface area contributed by atoms with Gasteiger partial charge in [0, 0.05) is 12.6 Å². The van der Waals surface area contributed by atoms with Crippen LogP contribution >= 0.6 is 11.3 Å². The molecule has 0 spiro atoms. The second-order valence-corrected chi connectivity index (χ2v) is 8.57. The van der Waals surface area contributed by atoms with Crippen molar-refractivity contribution in [2.45, 2.75) is 31.3 Å². The molecule has 0 aliphatic heterocycles. The number of hydrogen-bond donors (Lipinski definition) is 1. The third-order valence-corrected chi connectivity index (χ3v) is 6.69. The van der Waals surface area contributed by atoms with Gasteiger partial charge < -0.3 is 4.74 Å². The average molecular weight is 393 g/mol. The van der Waals surface area contributed by atoms with Gasteiger partial charge in [0.15, 0.2) is 0 Å². The van der Waals surface area contributed by atoms with Gasteiger partial charge in [0.25, 0.3) is 0 Å². The number of rotatable bonds is 6. The Morgan fingerprint density at radius 1 is 1.19 bits per heavy atom. The van der Waals surface area contributed by atoms with Crippen LogP contribution in [-0.4, -0.2) is 20.1 Å². The van der Waals surface area contributed by atoms with Crippen molar-refractivity contribution < 1.29 is 13.2 Å². The number of aryl methyl sites for hydroxylation is 1. The molecular formula is C18H20N2O4S2. The summed E-state index contributed by atoms with van der Waals surface area (Å²) < 4.78 is 35.5. The van der Waals surface area contributed by atoms with Crippen LogP contribution in [0.25, 0.3) is 10.2 Å². The molecule has 0 fully saturated rings. The molecule has 0 aliphatic rings. The highest BCUT2D eigenvalue weighted by atomic mass is 32.2. The van der Waals surface area contributed by atoms with Crippen LogP contribution in [0.3, 0.4) is 0 Å².